The summed E-state index contributed by atoms with van der Waals surface area (Å²) in [5, 5.41) is 17.8. The van der Waals surface area contributed by atoms with Crippen LogP contribution in [-0.4, -0.2) is 11.1 Å². The van der Waals surface area contributed by atoms with Gasteiger partial charge in [-0.05, 0) is 30.3 Å². The number of aromatic carboxylic acids is 1. The number of rotatable bonds is 2. The average Bonchev–Trinajstić information content (AvgIpc) is 2.81. The van der Waals surface area contributed by atoms with E-state index in [-0.39, 0.29) is 5.56 Å². The van der Waals surface area contributed by atoms with Crippen molar-refractivity contribution in [1.29, 1.82) is 5.26 Å². The lowest BCUT2D eigenvalue weighted by Crippen LogP contribution is -1.99. The number of carbonyl (C=O) groups is 1. The topological polar surface area (TPSA) is 74.2 Å². The Balaban J connectivity index is 2.65. The number of nitriles is 1. The van der Waals surface area contributed by atoms with E-state index in [9.17, 15) is 4.79 Å². The van der Waals surface area contributed by atoms with Gasteiger partial charge in [0.25, 0.3) is 0 Å². The van der Waals surface area contributed by atoms with Crippen LogP contribution in [0.2, 0.25) is 0 Å². The van der Waals surface area contributed by atoms with Crippen molar-refractivity contribution in [2.75, 3.05) is 0 Å². The maximum absolute atomic E-state index is 11.0. The van der Waals surface area contributed by atoms with Gasteiger partial charge in [-0.3, -0.25) is 0 Å². The summed E-state index contributed by atoms with van der Waals surface area (Å²) < 4.78 is 5.14. The van der Waals surface area contributed by atoms with Gasteiger partial charge >= 0.3 is 5.97 Å². The van der Waals surface area contributed by atoms with Crippen LogP contribution in [0.1, 0.15) is 15.9 Å². The third kappa shape index (κ3) is 1.66. The van der Waals surface area contributed by atoms with Gasteiger partial charge in [-0.15, -0.1) is 0 Å². The Hall–Kier alpha value is -2.54. The van der Waals surface area contributed by atoms with E-state index in [1.54, 1.807) is 12.1 Å². The van der Waals surface area contributed by atoms with Crippen LogP contribution < -0.4 is 0 Å². The molecule has 0 bridgehead atoms. The lowest BCUT2D eigenvalue weighted by atomic mass is 10.0. The fourth-order valence-corrected chi connectivity index (χ4v) is 1.44. The summed E-state index contributed by atoms with van der Waals surface area (Å²) in [6.07, 6.45) is 1.46. The van der Waals surface area contributed by atoms with Crippen LogP contribution in [0.5, 0.6) is 0 Å². The second kappa shape index (κ2) is 3.91. The number of hydrogen-bond acceptors (Lipinski definition) is 3. The highest BCUT2D eigenvalue weighted by Gasteiger charge is 2.14. The first-order valence-electron chi connectivity index (χ1n) is 4.53. The van der Waals surface area contributed by atoms with Crippen molar-refractivity contribution >= 4 is 5.97 Å². The van der Waals surface area contributed by atoms with Crippen LogP contribution in [-0.2, 0) is 0 Å². The fraction of sp³-hybridized carbons (Fsp3) is 0. The lowest BCUT2D eigenvalue weighted by Gasteiger charge is -2.03. The zero-order valence-corrected chi connectivity index (χ0v) is 8.18. The summed E-state index contributed by atoms with van der Waals surface area (Å²) in [6.45, 7) is 0. The largest absolute Gasteiger partial charge is 0.478 e. The summed E-state index contributed by atoms with van der Waals surface area (Å²) in [5.74, 6) is -0.606. The molecule has 0 atom stereocenters. The molecule has 0 spiro atoms. The summed E-state index contributed by atoms with van der Waals surface area (Å²) >= 11 is 0. The number of carboxylic acid groups (broad SMARTS) is 1. The summed E-state index contributed by atoms with van der Waals surface area (Å²) in [4.78, 5) is 11.0. The van der Waals surface area contributed by atoms with Gasteiger partial charge in [0.15, 0.2) is 0 Å². The minimum absolute atomic E-state index is 0.119. The maximum atomic E-state index is 11.0. The standard InChI is InChI=1S/C12H7NO3/c13-7-8-3-4-9(12(14)15)10(6-8)11-2-1-5-16-11/h1-6H,(H,14,15). The van der Waals surface area contributed by atoms with E-state index >= 15 is 0 Å². The first-order valence-corrected chi connectivity index (χ1v) is 4.53. The molecule has 0 aliphatic rings. The molecule has 2 rings (SSSR count). The predicted octanol–water partition coefficient (Wildman–Crippen LogP) is 2.52. The maximum Gasteiger partial charge on any atom is 0.336 e. The van der Waals surface area contributed by atoms with Crippen LogP contribution in [0.4, 0.5) is 0 Å². The highest BCUT2D eigenvalue weighted by Crippen LogP contribution is 2.25. The van der Waals surface area contributed by atoms with Crippen molar-refractivity contribution in [3.63, 3.8) is 0 Å². The Labute approximate surface area is 91.4 Å². The molecule has 0 aliphatic heterocycles. The van der Waals surface area contributed by atoms with Crippen LogP contribution >= 0.6 is 0 Å². The van der Waals surface area contributed by atoms with Crippen molar-refractivity contribution in [2.45, 2.75) is 0 Å². The molecule has 4 heteroatoms. The van der Waals surface area contributed by atoms with Crippen molar-refractivity contribution in [1.82, 2.24) is 0 Å². The van der Waals surface area contributed by atoms with Gasteiger partial charge in [-0.2, -0.15) is 5.26 Å². The van der Waals surface area contributed by atoms with Gasteiger partial charge in [0.05, 0.1) is 23.5 Å². The minimum Gasteiger partial charge on any atom is -0.478 e. The van der Waals surface area contributed by atoms with Crippen molar-refractivity contribution < 1.29 is 14.3 Å². The SMILES string of the molecule is N#Cc1ccc(C(=O)O)c(-c2ccco2)c1. The minimum atomic E-state index is -1.05. The molecule has 78 valence electrons. The van der Waals surface area contributed by atoms with Gasteiger partial charge in [0.1, 0.15) is 5.76 Å². The Bertz CT molecular complexity index is 564. The normalized spacial score (nSPS) is 9.69. The highest BCUT2D eigenvalue weighted by atomic mass is 16.4. The summed E-state index contributed by atoms with van der Waals surface area (Å²) in [6, 6.07) is 9.66. The fourth-order valence-electron chi connectivity index (χ4n) is 1.44. The summed E-state index contributed by atoms with van der Waals surface area (Å²) in [5.41, 5.74) is 0.932. The van der Waals surface area contributed by atoms with Gasteiger partial charge in [0.2, 0.25) is 0 Å². The zero-order chi connectivity index (χ0) is 11.5. The third-order valence-electron chi connectivity index (χ3n) is 2.17. The van der Waals surface area contributed by atoms with Crippen LogP contribution in [0.15, 0.2) is 41.0 Å². The van der Waals surface area contributed by atoms with E-state index in [2.05, 4.69) is 0 Å². The van der Waals surface area contributed by atoms with E-state index < -0.39 is 5.97 Å². The molecule has 0 saturated carbocycles. The molecule has 1 heterocycles. The van der Waals surface area contributed by atoms with E-state index in [0.29, 0.717) is 16.9 Å². The third-order valence-corrected chi connectivity index (χ3v) is 2.17. The Morgan fingerprint density at radius 2 is 2.19 bits per heavy atom. The predicted molar refractivity (Wildman–Crippen MR) is 55.8 cm³/mol. The van der Waals surface area contributed by atoms with Crippen LogP contribution in [0.25, 0.3) is 11.3 Å². The molecule has 1 aromatic carbocycles. The average molecular weight is 213 g/mol. The molecular weight excluding hydrogens is 206 g/mol. The van der Waals surface area contributed by atoms with Gasteiger partial charge in [-0.1, -0.05) is 0 Å². The number of carboxylic acids is 1. The van der Waals surface area contributed by atoms with Gasteiger partial charge in [0, 0.05) is 5.56 Å². The van der Waals surface area contributed by atoms with Crippen LogP contribution in [0, 0.1) is 11.3 Å². The molecule has 0 amide bonds. The lowest BCUT2D eigenvalue weighted by molar-refractivity contribution is 0.0697. The van der Waals surface area contributed by atoms with E-state index in [0.717, 1.165) is 0 Å². The molecule has 4 nitrogen and oxygen atoms in total. The Kier molecular flexibility index (Phi) is 2.44. The molecule has 1 aromatic heterocycles. The molecule has 16 heavy (non-hydrogen) atoms. The quantitative estimate of drug-likeness (QED) is 0.831. The molecule has 0 unspecified atom stereocenters. The molecular formula is C12H7NO3. The molecule has 0 fully saturated rings. The molecule has 2 aromatic rings. The highest BCUT2D eigenvalue weighted by molar-refractivity contribution is 5.95. The van der Waals surface area contributed by atoms with Gasteiger partial charge < -0.3 is 9.52 Å². The van der Waals surface area contributed by atoms with E-state index in [1.165, 1.54) is 24.5 Å². The Morgan fingerprint density at radius 3 is 2.75 bits per heavy atom. The van der Waals surface area contributed by atoms with Crippen molar-refractivity contribution in [3.8, 4) is 17.4 Å². The van der Waals surface area contributed by atoms with E-state index in [4.69, 9.17) is 14.8 Å². The molecule has 1 N–H and O–H groups in total. The van der Waals surface area contributed by atoms with Crippen LogP contribution in [0.3, 0.4) is 0 Å². The molecule has 0 aliphatic carbocycles. The second-order valence-electron chi connectivity index (χ2n) is 3.15. The zero-order valence-electron chi connectivity index (χ0n) is 8.18. The Morgan fingerprint density at radius 1 is 1.38 bits per heavy atom. The summed E-state index contributed by atoms with van der Waals surface area (Å²) in [7, 11) is 0. The molecule has 0 saturated heterocycles. The number of nitrogens with zero attached hydrogens (tertiary/aromatic N) is 1. The van der Waals surface area contributed by atoms with Crippen molar-refractivity contribution in [2.24, 2.45) is 0 Å². The molecule has 0 radical (unpaired) electrons. The van der Waals surface area contributed by atoms with Crippen molar-refractivity contribution in [3.05, 3.63) is 47.7 Å². The monoisotopic (exact) mass is 213 g/mol. The first kappa shape index (κ1) is 9.99. The number of furan rings is 1. The smallest absolute Gasteiger partial charge is 0.336 e. The van der Waals surface area contributed by atoms with Gasteiger partial charge in [-0.25, -0.2) is 4.79 Å². The first-order chi connectivity index (χ1) is 7.72. The number of benzene rings is 1. The van der Waals surface area contributed by atoms with E-state index in [1.807, 2.05) is 6.07 Å². The number of hydrogen-bond donors (Lipinski definition) is 1. The second-order valence-corrected chi connectivity index (χ2v) is 3.15.